The molecule has 142 valence electrons. The Labute approximate surface area is 166 Å². The number of anilines is 2. The lowest BCUT2D eigenvalue weighted by atomic mass is 9.99. The number of carbonyl (C=O) groups is 4. The van der Waals surface area contributed by atoms with E-state index in [-0.39, 0.29) is 22.8 Å². The third-order valence-corrected chi connectivity index (χ3v) is 4.63. The number of carbonyl (C=O) groups excluding carboxylic acids is 4. The minimum atomic E-state index is -0.486. The van der Waals surface area contributed by atoms with Gasteiger partial charge in [-0.25, -0.2) is 4.90 Å². The average molecular weight is 384 g/mol. The van der Waals surface area contributed by atoms with Gasteiger partial charge in [-0.2, -0.15) is 0 Å². The van der Waals surface area contributed by atoms with Crippen molar-refractivity contribution in [3.8, 4) is 0 Å². The van der Waals surface area contributed by atoms with E-state index >= 15 is 0 Å². The Morgan fingerprint density at radius 3 is 2.07 bits per heavy atom. The van der Waals surface area contributed by atoms with E-state index in [0.29, 0.717) is 22.5 Å². The van der Waals surface area contributed by atoms with E-state index in [0.717, 1.165) is 4.90 Å². The van der Waals surface area contributed by atoms with Crippen LogP contribution in [0.2, 0.25) is 0 Å². The zero-order valence-electron chi connectivity index (χ0n) is 15.5. The number of rotatable bonds is 4. The normalized spacial score (nSPS) is 12.7. The summed E-state index contributed by atoms with van der Waals surface area (Å²) in [5.41, 5.74) is 2.26. The highest BCUT2D eigenvalue weighted by molar-refractivity contribution is 6.35. The molecule has 3 amide bonds. The highest BCUT2D eigenvalue weighted by Gasteiger charge is 2.37. The van der Waals surface area contributed by atoms with Gasteiger partial charge in [-0.3, -0.25) is 19.2 Å². The minimum Gasteiger partial charge on any atom is -0.326 e. The summed E-state index contributed by atoms with van der Waals surface area (Å²) in [6, 6.07) is 19.7. The summed E-state index contributed by atoms with van der Waals surface area (Å²) >= 11 is 0. The van der Waals surface area contributed by atoms with E-state index in [9.17, 15) is 19.2 Å². The van der Waals surface area contributed by atoms with E-state index < -0.39 is 11.8 Å². The molecule has 29 heavy (non-hydrogen) atoms. The third-order valence-electron chi connectivity index (χ3n) is 4.63. The van der Waals surface area contributed by atoms with Gasteiger partial charge in [-0.05, 0) is 36.4 Å². The molecule has 0 radical (unpaired) electrons. The summed E-state index contributed by atoms with van der Waals surface area (Å²) in [6.07, 6.45) is 0. The van der Waals surface area contributed by atoms with E-state index in [2.05, 4.69) is 5.32 Å². The fraction of sp³-hybridized carbons (Fsp3) is 0.0435. The SMILES string of the molecule is CC(=O)Nc1ccc(N2C(=O)c3ccc(C(=O)c4ccccc4)cc3C2=O)cc1. The molecule has 3 aromatic carbocycles. The molecule has 0 fully saturated rings. The van der Waals surface area contributed by atoms with E-state index in [1.807, 2.05) is 6.07 Å². The van der Waals surface area contributed by atoms with Gasteiger partial charge in [0.25, 0.3) is 11.8 Å². The molecule has 1 N–H and O–H groups in total. The number of hydrogen-bond donors (Lipinski definition) is 1. The molecule has 0 aliphatic carbocycles. The molecule has 4 rings (SSSR count). The molecule has 0 unspecified atom stereocenters. The third kappa shape index (κ3) is 3.32. The van der Waals surface area contributed by atoms with Crippen molar-refractivity contribution >= 4 is 34.9 Å². The van der Waals surface area contributed by atoms with Gasteiger partial charge in [0.05, 0.1) is 16.8 Å². The lowest BCUT2D eigenvalue weighted by molar-refractivity contribution is -0.114. The number of benzene rings is 3. The van der Waals surface area contributed by atoms with Crippen LogP contribution in [0.4, 0.5) is 11.4 Å². The number of nitrogens with zero attached hydrogens (tertiary/aromatic N) is 1. The van der Waals surface area contributed by atoms with Crippen LogP contribution in [0.25, 0.3) is 0 Å². The summed E-state index contributed by atoms with van der Waals surface area (Å²) in [4.78, 5) is 50.6. The number of imide groups is 1. The quantitative estimate of drug-likeness (QED) is 0.549. The van der Waals surface area contributed by atoms with Gasteiger partial charge >= 0.3 is 0 Å². The number of fused-ring (bicyclic) bond motifs is 1. The molecule has 0 bridgehead atoms. The second kappa shape index (κ2) is 7.16. The van der Waals surface area contributed by atoms with Crippen LogP contribution in [0.3, 0.4) is 0 Å². The van der Waals surface area contributed by atoms with Crippen molar-refractivity contribution < 1.29 is 19.2 Å². The maximum atomic E-state index is 12.9. The second-order valence-electron chi connectivity index (χ2n) is 6.63. The van der Waals surface area contributed by atoms with Crippen LogP contribution < -0.4 is 10.2 Å². The summed E-state index contributed by atoms with van der Waals surface area (Å²) in [5, 5.41) is 2.63. The van der Waals surface area contributed by atoms with Crippen LogP contribution in [0.1, 0.15) is 43.6 Å². The standard InChI is InChI=1S/C23H16N2O4/c1-14(26)24-17-8-10-18(11-9-17)25-22(28)19-12-7-16(13-20(19)23(25)29)21(27)15-5-3-2-4-6-15/h2-13H,1H3,(H,24,26). The molecule has 6 heteroatoms. The Morgan fingerprint density at radius 1 is 0.759 bits per heavy atom. The first-order valence-electron chi connectivity index (χ1n) is 8.96. The van der Waals surface area contributed by atoms with Crippen LogP contribution in [0.15, 0.2) is 72.8 Å². The van der Waals surface area contributed by atoms with Crippen molar-refractivity contribution in [2.75, 3.05) is 10.2 Å². The van der Waals surface area contributed by atoms with Gasteiger partial charge in [-0.15, -0.1) is 0 Å². The van der Waals surface area contributed by atoms with Crippen LogP contribution >= 0.6 is 0 Å². The lowest BCUT2D eigenvalue weighted by Gasteiger charge is -2.14. The predicted molar refractivity (Wildman–Crippen MR) is 108 cm³/mol. The molecule has 1 aliphatic heterocycles. The monoisotopic (exact) mass is 384 g/mol. The van der Waals surface area contributed by atoms with Crippen LogP contribution in [0.5, 0.6) is 0 Å². The van der Waals surface area contributed by atoms with Crippen molar-refractivity contribution in [3.05, 3.63) is 95.1 Å². The van der Waals surface area contributed by atoms with Crippen LogP contribution in [-0.4, -0.2) is 23.5 Å². The maximum absolute atomic E-state index is 12.9. The molecule has 0 saturated heterocycles. The number of hydrogen-bond acceptors (Lipinski definition) is 4. The van der Waals surface area contributed by atoms with Gasteiger partial charge in [0.1, 0.15) is 0 Å². The van der Waals surface area contributed by atoms with Crippen molar-refractivity contribution in [2.45, 2.75) is 6.92 Å². The summed E-state index contributed by atoms with van der Waals surface area (Å²) < 4.78 is 0. The summed E-state index contributed by atoms with van der Waals surface area (Å²) in [7, 11) is 0. The smallest absolute Gasteiger partial charge is 0.266 e. The Bertz CT molecular complexity index is 1150. The highest BCUT2D eigenvalue weighted by atomic mass is 16.2. The van der Waals surface area contributed by atoms with Gasteiger partial charge in [0, 0.05) is 23.7 Å². The minimum absolute atomic E-state index is 0.197. The molecule has 0 atom stereocenters. The summed E-state index contributed by atoms with van der Waals surface area (Å²) in [5.74, 6) is -1.36. The number of nitrogens with one attached hydrogen (secondary N) is 1. The first-order valence-corrected chi connectivity index (χ1v) is 8.96. The molecule has 0 saturated carbocycles. The van der Waals surface area contributed by atoms with Crippen molar-refractivity contribution in [2.24, 2.45) is 0 Å². The lowest BCUT2D eigenvalue weighted by Crippen LogP contribution is -2.29. The number of amides is 3. The van der Waals surface area contributed by atoms with E-state index in [1.54, 1.807) is 54.6 Å². The Morgan fingerprint density at radius 2 is 1.41 bits per heavy atom. The topological polar surface area (TPSA) is 83.6 Å². The molecule has 0 spiro atoms. The highest BCUT2D eigenvalue weighted by Crippen LogP contribution is 2.30. The second-order valence-corrected chi connectivity index (χ2v) is 6.63. The van der Waals surface area contributed by atoms with E-state index in [4.69, 9.17) is 0 Å². The molecule has 1 aliphatic rings. The Balaban J connectivity index is 1.65. The predicted octanol–water partition coefficient (Wildman–Crippen LogP) is 3.68. The number of ketones is 1. The van der Waals surface area contributed by atoms with E-state index in [1.165, 1.54) is 19.1 Å². The fourth-order valence-corrected chi connectivity index (χ4v) is 3.27. The molecular weight excluding hydrogens is 368 g/mol. The molecule has 6 nitrogen and oxygen atoms in total. The average Bonchev–Trinajstić information content (AvgIpc) is 2.98. The first kappa shape index (κ1) is 18.3. The molecule has 3 aromatic rings. The molecule has 0 aromatic heterocycles. The zero-order valence-corrected chi connectivity index (χ0v) is 15.5. The fourth-order valence-electron chi connectivity index (χ4n) is 3.27. The van der Waals surface area contributed by atoms with Gasteiger partial charge in [0.2, 0.25) is 5.91 Å². The van der Waals surface area contributed by atoms with Crippen LogP contribution in [-0.2, 0) is 4.79 Å². The Kier molecular flexibility index (Phi) is 4.52. The maximum Gasteiger partial charge on any atom is 0.266 e. The zero-order chi connectivity index (χ0) is 20.5. The van der Waals surface area contributed by atoms with Crippen molar-refractivity contribution in [3.63, 3.8) is 0 Å². The van der Waals surface area contributed by atoms with Crippen molar-refractivity contribution in [1.82, 2.24) is 0 Å². The van der Waals surface area contributed by atoms with Gasteiger partial charge in [0.15, 0.2) is 5.78 Å². The van der Waals surface area contributed by atoms with Gasteiger partial charge in [-0.1, -0.05) is 36.4 Å². The Hall–Kier alpha value is -4.06. The van der Waals surface area contributed by atoms with Crippen LogP contribution in [0, 0.1) is 0 Å². The largest absolute Gasteiger partial charge is 0.326 e. The molecule has 1 heterocycles. The van der Waals surface area contributed by atoms with Crippen molar-refractivity contribution in [1.29, 1.82) is 0 Å². The first-order chi connectivity index (χ1) is 14.0. The van der Waals surface area contributed by atoms with Gasteiger partial charge < -0.3 is 5.32 Å². The molecular formula is C23H16N2O4. The summed E-state index contributed by atoms with van der Waals surface area (Å²) in [6.45, 7) is 1.40.